The minimum atomic E-state index is -0.306. The van der Waals surface area contributed by atoms with E-state index in [1.807, 2.05) is 0 Å². The van der Waals surface area contributed by atoms with Crippen LogP contribution in [0.4, 0.5) is 0 Å². The van der Waals surface area contributed by atoms with E-state index in [2.05, 4.69) is 13.8 Å². The van der Waals surface area contributed by atoms with Gasteiger partial charge in [0.2, 0.25) is 0 Å². The third kappa shape index (κ3) is 36.3. The SMILES string of the molecule is CCCC1CCCC2(CCCCCCCCCCCCCCCCCCCCCCCCCCCCCCCCCCCCCCCCCCCCCCCCC(C)O2)O1. The Morgan fingerprint density at radius 3 is 0.783 bits per heavy atom. The Balaban J connectivity index is 1.59. The van der Waals surface area contributed by atoms with Crippen LogP contribution in [0.3, 0.4) is 0 Å². The highest BCUT2D eigenvalue weighted by Crippen LogP contribution is 2.37. The van der Waals surface area contributed by atoms with E-state index in [9.17, 15) is 0 Å². The van der Waals surface area contributed by atoms with Crippen LogP contribution < -0.4 is 0 Å². The van der Waals surface area contributed by atoms with Crippen LogP contribution in [-0.4, -0.2) is 18.0 Å². The van der Waals surface area contributed by atoms with Gasteiger partial charge < -0.3 is 9.47 Å². The molecule has 0 aliphatic carbocycles. The molecule has 2 fully saturated rings. The van der Waals surface area contributed by atoms with Gasteiger partial charge >= 0.3 is 0 Å². The van der Waals surface area contributed by atoms with E-state index in [0.717, 1.165) is 12.8 Å². The zero-order valence-electron chi connectivity index (χ0n) is 41.9. The highest BCUT2D eigenvalue weighted by atomic mass is 16.7. The second-order valence-electron chi connectivity index (χ2n) is 21.1. The summed E-state index contributed by atoms with van der Waals surface area (Å²) in [6.07, 6.45) is 76.3. The maximum absolute atomic E-state index is 6.93. The Labute approximate surface area is 380 Å². The van der Waals surface area contributed by atoms with Gasteiger partial charge in [-0.1, -0.05) is 302 Å². The molecular formula is C58H114O2. The molecule has 1 spiro atoms. The number of ether oxygens (including phenoxy) is 2. The van der Waals surface area contributed by atoms with Crippen LogP contribution in [0.15, 0.2) is 0 Å². The first-order valence-corrected chi connectivity index (χ1v) is 29.1. The van der Waals surface area contributed by atoms with Gasteiger partial charge in [0.25, 0.3) is 0 Å². The highest BCUT2D eigenvalue weighted by Gasteiger charge is 2.38. The van der Waals surface area contributed by atoms with Crippen LogP contribution >= 0.6 is 0 Å². The van der Waals surface area contributed by atoms with Gasteiger partial charge in [-0.05, 0) is 39.0 Å². The third-order valence-corrected chi connectivity index (χ3v) is 14.9. The largest absolute Gasteiger partial charge is 0.347 e. The molecule has 0 radical (unpaired) electrons. The van der Waals surface area contributed by atoms with Crippen molar-refractivity contribution < 1.29 is 9.47 Å². The second kappa shape index (κ2) is 44.1. The summed E-state index contributed by atoms with van der Waals surface area (Å²) >= 11 is 0. The van der Waals surface area contributed by atoms with Crippen molar-refractivity contribution in [1.82, 2.24) is 0 Å². The van der Waals surface area contributed by atoms with Crippen LogP contribution in [0.5, 0.6) is 0 Å². The molecule has 0 saturated carbocycles. The first kappa shape index (κ1) is 56.1. The van der Waals surface area contributed by atoms with Gasteiger partial charge in [-0.3, -0.25) is 0 Å². The molecule has 2 aliphatic heterocycles. The maximum atomic E-state index is 6.93. The lowest BCUT2D eigenvalue weighted by molar-refractivity contribution is -0.300. The molecule has 0 amide bonds. The van der Waals surface area contributed by atoms with Crippen molar-refractivity contribution in [3.63, 3.8) is 0 Å². The van der Waals surface area contributed by atoms with Crippen molar-refractivity contribution in [1.29, 1.82) is 0 Å². The van der Waals surface area contributed by atoms with Gasteiger partial charge in [-0.15, -0.1) is 0 Å². The van der Waals surface area contributed by atoms with Gasteiger partial charge in [0.05, 0.1) is 12.2 Å². The fourth-order valence-electron chi connectivity index (χ4n) is 10.9. The molecule has 3 unspecified atom stereocenters. The lowest BCUT2D eigenvalue weighted by Gasteiger charge is -2.43. The summed E-state index contributed by atoms with van der Waals surface area (Å²) in [5.41, 5.74) is 0. The van der Waals surface area contributed by atoms with E-state index in [0.29, 0.717) is 12.2 Å². The third-order valence-electron chi connectivity index (χ3n) is 14.9. The Morgan fingerprint density at radius 2 is 0.517 bits per heavy atom. The van der Waals surface area contributed by atoms with E-state index >= 15 is 0 Å². The van der Waals surface area contributed by atoms with Crippen molar-refractivity contribution in [3.05, 3.63) is 0 Å². The molecule has 0 aromatic carbocycles. The second-order valence-corrected chi connectivity index (χ2v) is 21.1. The van der Waals surface area contributed by atoms with Crippen molar-refractivity contribution in [3.8, 4) is 0 Å². The zero-order chi connectivity index (χ0) is 42.5. The number of hydrogen-bond acceptors (Lipinski definition) is 2. The lowest BCUT2D eigenvalue weighted by Crippen LogP contribution is -2.45. The summed E-state index contributed by atoms with van der Waals surface area (Å²) < 4.78 is 13.8. The molecular weight excluding hydrogens is 729 g/mol. The molecule has 2 heterocycles. The Kier molecular flexibility index (Phi) is 41.2. The van der Waals surface area contributed by atoms with Crippen molar-refractivity contribution in [2.75, 3.05) is 0 Å². The van der Waals surface area contributed by atoms with Crippen molar-refractivity contribution >= 4 is 0 Å². The molecule has 3 atom stereocenters. The Morgan fingerprint density at radius 1 is 0.283 bits per heavy atom. The molecule has 2 nitrogen and oxygen atoms in total. The normalized spacial score (nSPS) is 28.5. The van der Waals surface area contributed by atoms with Crippen LogP contribution in [0.2, 0.25) is 0 Å². The first-order valence-electron chi connectivity index (χ1n) is 29.1. The zero-order valence-corrected chi connectivity index (χ0v) is 41.9. The van der Waals surface area contributed by atoms with Crippen LogP contribution in [-0.2, 0) is 9.47 Å². The molecule has 0 bridgehead atoms. The van der Waals surface area contributed by atoms with E-state index < -0.39 is 0 Å². The molecule has 358 valence electrons. The molecule has 2 rings (SSSR count). The molecule has 0 aromatic heterocycles. The molecule has 0 N–H and O–H groups in total. The average Bonchev–Trinajstić information content (AvgIpc) is 3.24. The van der Waals surface area contributed by atoms with Crippen molar-refractivity contribution in [2.45, 2.75) is 372 Å². The fraction of sp³-hybridized carbons (Fsp3) is 1.00. The molecule has 0 aromatic rings. The predicted octanol–water partition coefficient (Wildman–Crippen LogP) is 21.2. The van der Waals surface area contributed by atoms with E-state index in [1.165, 1.54) is 327 Å². The fourth-order valence-corrected chi connectivity index (χ4v) is 10.9. The quantitative estimate of drug-likeness (QED) is 0.276. The summed E-state index contributed by atoms with van der Waals surface area (Å²) in [4.78, 5) is 0. The van der Waals surface area contributed by atoms with Crippen LogP contribution in [0, 0.1) is 0 Å². The van der Waals surface area contributed by atoms with Crippen LogP contribution in [0.1, 0.15) is 354 Å². The molecule has 60 heavy (non-hydrogen) atoms. The lowest BCUT2D eigenvalue weighted by atomic mass is 9.93. The minimum Gasteiger partial charge on any atom is -0.347 e. The Hall–Kier alpha value is -0.0800. The smallest absolute Gasteiger partial charge is 0.169 e. The summed E-state index contributed by atoms with van der Waals surface area (Å²) in [5.74, 6) is -0.306. The Bertz CT molecular complexity index is 824. The van der Waals surface area contributed by atoms with E-state index in [-0.39, 0.29) is 5.79 Å². The standard InChI is InChI=1S/C58H114O2/c1-3-51-57-53-50-55-58(60-57)54-49-47-45-43-41-39-37-35-33-31-29-27-25-23-21-19-17-15-13-11-9-7-5-4-6-8-10-12-14-16-18-20-22-24-26-28-30-32-34-36-38-40-42-44-46-48-52-56(2)59-58/h56-57H,3-55H2,1-2H3. The van der Waals surface area contributed by atoms with Gasteiger partial charge in [0.15, 0.2) is 5.79 Å². The van der Waals surface area contributed by atoms with E-state index in [4.69, 9.17) is 9.47 Å². The number of rotatable bonds is 2. The maximum Gasteiger partial charge on any atom is 0.169 e. The average molecular weight is 844 g/mol. The van der Waals surface area contributed by atoms with Gasteiger partial charge in [-0.2, -0.15) is 0 Å². The highest BCUT2D eigenvalue weighted by molar-refractivity contribution is 4.80. The first-order chi connectivity index (χ1) is 29.7. The molecule has 2 heteroatoms. The number of hydrogen-bond donors (Lipinski definition) is 0. The van der Waals surface area contributed by atoms with Gasteiger partial charge in [0.1, 0.15) is 0 Å². The van der Waals surface area contributed by atoms with Crippen LogP contribution in [0.25, 0.3) is 0 Å². The topological polar surface area (TPSA) is 18.5 Å². The van der Waals surface area contributed by atoms with Gasteiger partial charge in [-0.25, -0.2) is 0 Å². The van der Waals surface area contributed by atoms with Crippen molar-refractivity contribution in [2.24, 2.45) is 0 Å². The summed E-state index contributed by atoms with van der Waals surface area (Å²) in [5, 5.41) is 0. The summed E-state index contributed by atoms with van der Waals surface area (Å²) in [6.45, 7) is 4.65. The molecule has 2 aliphatic rings. The van der Waals surface area contributed by atoms with Gasteiger partial charge in [0, 0.05) is 12.8 Å². The minimum absolute atomic E-state index is 0.306. The molecule has 2 saturated heterocycles. The summed E-state index contributed by atoms with van der Waals surface area (Å²) in [7, 11) is 0. The summed E-state index contributed by atoms with van der Waals surface area (Å²) in [6, 6.07) is 0. The van der Waals surface area contributed by atoms with E-state index in [1.54, 1.807) is 0 Å². The monoisotopic (exact) mass is 843 g/mol. The predicted molar refractivity (Wildman–Crippen MR) is 269 cm³/mol.